The number of methoxy groups -OCH3 is 1. The van der Waals surface area contributed by atoms with E-state index in [2.05, 4.69) is 31.9 Å². The summed E-state index contributed by atoms with van der Waals surface area (Å²) in [4.78, 5) is 0. The molecule has 0 radical (unpaired) electrons. The predicted octanol–water partition coefficient (Wildman–Crippen LogP) is 4.55. The number of nitrogens with two attached hydrogens (primary N) is 1. The molecule has 0 aliphatic carbocycles. The molecule has 0 spiro atoms. The zero-order valence-corrected chi connectivity index (χ0v) is 13.6. The number of hydrogen-bond acceptors (Lipinski definition) is 2. The van der Waals surface area contributed by atoms with E-state index < -0.39 is 17.7 Å². The maximum Gasteiger partial charge on any atom is 0.141 e. The van der Waals surface area contributed by atoms with Crippen LogP contribution in [0.3, 0.4) is 0 Å². The van der Waals surface area contributed by atoms with Crippen molar-refractivity contribution in [3.63, 3.8) is 0 Å². The Morgan fingerprint density at radius 3 is 2.40 bits per heavy atom. The minimum absolute atomic E-state index is 0.277. The topological polar surface area (TPSA) is 35.2 Å². The van der Waals surface area contributed by atoms with E-state index in [4.69, 9.17) is 10.5 Å². The van der Waals surface area contributed by atoms with Crippen molar-refractivity contribution in [2.24, 2.45) is 5.73 Å². The molecule has 106 valence electrons. The highest BCUT2D eigenvalue weighted by Gasteiger charge is 2.18. The van der Waals surface area contributed by atoms with Gasteiger partial charge >= 0.3 is 0 Å². The Hall–Kier alpha value is -0.980. The molecule has 2 rings (SSSR count). The Kier molecular flexibility index (Phi) is 4.78. The molecule has 1 atom stereocenters. The molecule has 0 aliphatic rings. The number of halogens is 4. The van der Waals surface area contributed by atoms with Crippen LogP contribution in [-0.2, 0) is 0 Å². The van der Waals surface area contributed by atoms with Gasteiger partial charge in [-0.05, 0) is 45.8 Å². The molecule has 6 heteroatoms. The van der Waals surface area contributed by atoms with Crippen LogP contribution in [-0.4, -0.2) is 7.11 Å². The molecule has 1 unspecified atom stereocenters. The smallest absolute Gasteiger partial charge is 0.141 e. The molecule has 0 heterocycles. The van der Waals surface area contributed by atoms with Crippen LogP contribution in [0.4, 0.5) is 8.78 Å². The third-order valence-corrected chi connectivity index (χ3v) is 3.92. The highest BCUT2D eigenvalue weighted by atomic mass is 79.9. The lowest BCUT2D eigenvalue weighted by Crippen LogP contribution is -2.14. The van der Waals surface area contributed by atoms with Crippen molar-refractivity contribution in [3.05, 3.63) is 62.0 Å². The van der Waals surface area contributed by atoms with E-state index >= 15 is 0 Å². The SMILES string of the molecule is COc1cc(F)c(Br)cc1C(N)c1cc(F)cc(Br)c1. The second-order valence-corrected chi connectivity index (χ2v) is 5.96. The quantitative estimate of drug-likeness (QED) is 0.811. The molecule has 2 nitrogen and oxygen atoms in total. The molecule has 0 bridgehead atoms. The number of hydrogen-bond donors (Lipinski definition) is 1. The first kappa shape index (κ1) is 15.4. The fourth-order valence-electron chi connectivity index (χ4n) is 1.90. The molecule has 0 saturated heterocycles. The molecular formula is C14H11Br2F2NO. The van der Waals surface area contributed by atoms with Crippen LogP contribution in [0.25, 0.3) is 0 Å². The summed E-state index contributed by atoms with van der Waals surface area (Å²) in [6.07, 6.45) is 0. The molecule has 2 N–H and O–H groups in total. The van der Waals surface area contributed by atoms with Gasteiger partial charge in [-0.2, -0.15) is 0 Å². The summed E-state index contributed by atoms with van der Waals surface area (Å²) in [6.45, 7) is 0. The summed E-state index contributed by atoms with van der Waals surface area (Å²) >= 11 is 6.33. The standard InChI is InChI=1S/C14H11Br2F2NO/c1-20-13-6-12(18)11(16)5-10(13)14(19)7-2-8(15)4-9(17)3-7/h2-6,14H,19H2,1H3. The Bertz CT molecular complexity index is 629. The molecular weight excluding hydrogens is 396 g/mol. The number of rotatable bonds is 3. The first-order valence-electron chi connectivity index (χ1n) is 5.67. The van der Waals surface area contributed by atoms with Crippen molar-refractivity contribution >= 4 is 31.9 Å². The molecule has 0 aromatic heterocycles. The number of benzene rings is 2. The normalized spacial score (nSPS) is 12.3. The molecule has 2 aromatic carbocycles. The van der Waals surface area contributed by atoms with Crippen molar-refractivity contribution in [2.45, 2.75) is 6.04 Å². The lowest BCUT2D eigenvalue weighted by molar-refractivity contribution is 0.404. The van der Waals surface area contributed by atoms with Gasteiger partial charge in [0.25, 0.3) is 0 Å². The first-order valence-corrected chi connectivity index (χ1v) is 7.25. The molecule has 0 amide bonds. The average molecular weight is 407 g/mol. The van der Waals surface area contributed by atoms with E-state index in [1.165, 1.54) is 31.4 Å². The molecule has 0 fully saturated rings. The lowest BCUT2D eigenvalue weighted by Gasteiger charge is -2.17. The van der Waals surface area contributed by atoms with Gasteiger partial charge in [0.05, 0.1) is 17.6 Å². The van der Waals surface area contributed by atoms with Crippen molar-refractivity contribution in [1.82, 2.24) is 0 Å². The predicted molar refractivity (Wildman–Crippen MR) is 80.8 cm³/mol. The van der Waals surface area contributed by atoms with Crippen molar-refractivity contribution < 1.29 is 13.5 Å². The summed E-state index contributed by atoms with van der Waals surface area (Å²) in [6, 6.07) is 6.55. The van der Waals surface area contributed by atoms with Crippen LogP contribution in [0, 0.1) is 11.6 Å². The van der Waals surface area contributed by atoms with Crippen LogP contribution < -0.4 is 10.5 Å². The van der Waals surface area contributed by atoms with E-state index in [9.17, 15) is 8.78 Å². The summed E-state index contributed by atoms with van der Waals surface area (Å²) in [5.41, 5.74) is 7.27. The van der Waals surface area contributed by atoms with Gasteiger partial charge in [0.1, 0.15) is 17.4 Å². The van der Waals surface area contributed by atoms with E-state index in [0.29, 0.717) is 21.3 Å². The molecule has 0 aliphatic heterocycles. The third-order valence-electron chi connectivity index (χ3n) is 2.85. The Morgan fingerprint density at radius 1 is 1.10 bits per heavy atom. The largest absolute Gasteiger partial charge is 0.496 e. The van der Waals surface area contributed by atoms with Gasteiger partial charge in [-0.3, -0.25) is 0 Å². The lowest BCUT2D eigenvalue weighted by atomic mass is 9.98. The van der Waals surface area contributed by atoms with Gasteiger partial charge in [-0.1, -0.05) is 15.9 Å². The van der Waals surface area contributed by atoms with Crippen LogP contribution in [0.2, 0.25) is 0 Å². The van der Waals surface area contributed by atoms with E-state index in [-0.39, 0.29) is 4.47 Å². The summed E-state index contributed by atoms with van der Waals surface area (Å²) in [5.74, 6) is -0.526. The monoisotopic (exact) mass is 405 g/mol. The Balaban J connectivity index is 2.52. The highest BCUT2D eigenvalue weighted by molar-refractivity contribution is 9.10. The maximum absolute atomic E-state index is 13.5. The van der Waals surface area contributed by atoms with Gasteiger partial charge in [0, 0.05) is 16.1 Å². The van der Waals surface area contributed by atoms with Gasteiger partial charge < -0.3 is 10.5 Å². The zero-order valence-electron chi connectivity index (χ0n) is 10.5. The van der Waals surface area contributed by atoms with Gasteiger partial charge in [0.2, 0.25) is 0 Å². The van der Waals surface area contributed by atoms with Gasteiger partial charge in [-0.25, -0.2) is 8.78 Å². The van der Waals surface area contributed by atoms with Gasteiger partial charge in [-0.15, -0.1) is 0 Å². The Morgan fingerprint density at radius 2 is 1.80 bits per heavy atom. The maximum atomic E-state index is 13.5. The van der Waals surface area contributed by atoms with Crippen LogP contribution in [0.5, 0.6) is 5.75 Å². The minimum Gasteiger partial charge on any atom is -0.496 e. The van der Waals surface area contributed by atoms with E-state index in [1.54, 1.807) is 6.07 Å². The summed E-state index contributed by atoms with van der Waals surface area (Å²) < 4.78 is 33.0. The van der Waals surface area contributed by atoms with Crippen LogP contribution in [0.15, 0.2) is 39.3 Å². The van der Waals surface area contributed by atoms with Gasteiger partial charge in [0.15, 0.2) is 0 Å². The Labute approximate surface area is 132 Å². The van der Waals surface area contributed by atoms with Crippen LogP contribution >= 0.6 is 31.9 Å². The molecule has 2 aromatic rings. The third kappa shape index (κ3) is 3.19. The first-order chi connectivity index (χ1) is 9.42. The minimum atomic E-state index is -0.631. The second-order valence-electron chi connectivity index (χ2n) is 4.19. The van der Waals surface area contributed by atoms with Crippen molar-refractivity contribution in [3.8, 4) is 5.75 Å². The highest BCUT2D eigenvalue weighted by Crippen LogP contribution is 2.33. The zero-order chi connectivity index (χ0) is 14.9. The molecule has 0 saturated carbocycles. The van der Waals surface area contributed by atoms with Crippen molar-refractivity contribution in [2.75, 3.05) is 7.11 Å². The molecule has 20 heavy (non-hydrogen) atoms. The average Bonchev–Trinajstić information content (AvgIpc) is 2.39. The fourth-order valence-corrected chi connectivity index (χ4v) is 2.74. The van der Waals surface area contributed by atoms with E-state index in [1.807, 2.05) is 0 Å². The fraction of sp³-hybridized carbons (Fsp3) is 0.143. The van der Waals surface area contributed by atoms with E-state index in [0.717, 1.165) is 0 Å². The second kappa shape index (κ2) is 6.20. The summed E-state index contributed by atoms with van der Waals surface area (Å²) in [7, 11) is 1.43. The number of ether oxygens (including phenoxy) is 1. The van der Waals surface area contributed by atoms with Crippen LogP contribution in [0.1, 0.15) is 17.2 Å². The van der Waals surface area contributed by atoms with Crippen molar-refractivity contribution in [1.29, 1.82) is 0 Å². The summed E-state index contributed by atoms with van der Waals surface area (Å²) in [5, 5.41) is 0.